The maximum atomic E-state index is 12.2. The first kappa shape index (κ1) is 23.8. The van der Waals surface area contributed by atoms with Gasteiger partial charge in [0.15, 0.2) is 16.6 Å². The van der Waals surface area contributed by atoms with E-state index in [0.717, 1.165) is 5.56 Å². The van der Waals surface area contributed by atoms with Crippen LogP contribution >= 0.6 is 12.2 Å². The van der Waals surface area contributed by atoms with Crippen molar-refractivity contribution >= 4 is 40.9 Å². The van der Waals surface area contributed by atoms with Crippen molar-refractivity contribution in [3.8, 4) is 11.5 Å². The SMILES string of the molecule is COCCNC(=O)c1cccc(NC(=S)NC(=O)/C=C/c2ccc(OC)c(OC)c2)c1. The molecule has 2 amide bonds. The standard InChI is InChI=1S/C22H25N3O5S/c1-28-12-11-23-21(27)16-5-4-6-17(14-16)24-22(31)25-20(26)10-8-15-7-9-18(29-2)19(13-15)30-3/h4-10,13-14H,11-12H2,1-3H3,(H,23,27)(H2,24,25,26,31)/b10-8+. The molecule has 0 aliphatic heterocycles. The summed E-state index contributed by atoms with van der Waals surface area (Å²) in [5, 5.41) is 8.30. The molecule has 0 saturated heterocycles. The Kier molecular flexibility index (Phi) is 9.47. The molecule has 0 saturated carbocycles. The average molecular weight is 444 g/mol. The van der Waals surface area contributed by atoms with Crippen molar-refractivity contribution in [2.24, 2.45) is 0 Å². The van der Waals surface area contributed by atoms with Gasteiger partial charge in [-0.25, -0.2) is 0 Å². The summed E-state index contributed by atoms with van der Waals surface area (Å²) in [5.41, 5.74) is 1.80. The number of methoxy groups -OCH3 is 3. The Morgan fingerprint density at radius 3 is 2.52 bits per heavy atom. The van der Waals surface area contributed by atoms with Crippen LogP contribution in [0.15, 0.2) is 48.5 Å². The van der Waals surface area contributed by atoms with E-state index < -0.39 is 5.91 Å². The van der Waals surface area contributed by atoms with Gasteiger partial charge in [-0.3, -0.25) is 14.9 Å². The van der Waals surface area contributed by atoms with Gasteiger partial charge in [-0.05, 0) is 54.2 Å². The quantitative estimate of drug-likeness (QED) is 0.311. The van der Waals surface area contributed by atoms with Crippen LogP contribution in [0.5, 0.6) is 11.5 Å². The molecular weight excluding hydrogens is 418 g/mol. The summed E-state index contributed by atoms with van der Waals surface area (Å²) in [4.78, 5) is 24.3. The van der Waals surface area contributed by atoms with Crippen LogP contribution in [0.2, 0.25) is 0 Å². The minimum atomic E-state index is -0.402. The summed E-state index contributed by atoms with van der Waals surface area (Å²) in [5.74, 6) is 0.534. The molecule has 9 heteroatoms. The van der Waals surface area contributed by atoms with Gasteiger partial charge in [0.25, 0.3) is 5.91 Å². The normalized spacial score (nSPS) is 10.4. The predicted octanol–water partition coefficient (Wildman–Crippen LogP) is 2.61. The Labute approximate surface area is 186 Å². The summed E-state index contributed by atoms with van der Waals surface area (Å²) >= 11 is 5.18. The van der Waals surface area contributed by atoms with E-state index in [1.807, 2.05) is 0 Å². The zero-order chi connectivity index (χ0) is 22.6. The molecule has 0 aliphatic carbocycles. The highest BCUT2D eigenvalue weighted by atomic mass is 32.1. The number of carbonyl (C=O) groups is 2. The smallest absolute Gasteiger partial charge is 0.251 e. The summed E-state index contributed by atoms with van der Waals surface area (Å²) in [6.07, 6.45) is 2.99. The maximum Gasteiger partial charge on any atom is 0.251 e. The van der Waals surface area contributed by atoms with Gasteiger partial charge in [0.05, 0.1) is 20.8 Å². The number of thiocarbonyl (C=S) groups is 1. The first-order chi connectivity index (χ1) is 15.0. The number of ether oxygens (including phenoxy) is 3. The molecule has 3 N–H and O–H groups in total. The van der Waals surface area contributed by atoms with Crippen LogP contribution < -0.4 is 25.4 Å². The van der Waals surface area contributed by atoms with E-state index >= 15 is 0 Å². The molecule has 2 aromatic carbocycles. The lowest BCUT2D eigenvalue weighted by Crippen LogP contribution is -2.33. The van der Waals surface area contributed by atoms with Crippen LogP contribution in [-0.2, 0) is 9.53 Å². The third-order valence-electron chi connectivity index (χ3n) is 4.05. The molecule has 0 bridgehead atoms. The number of benzene rings is 2. The van der Waals surface area contributed by atoms with Crippen LogP contribution in [0.25, 0.3) is 6.08 Å². The molecule has 31 heavy (non-hydrogen) atoms. The second-order valence-corrected chi connectivity index (χ2v) is 6.63. The minimum absolute atomic E-state index is 0.110. The molecule has 2 rings (SSSR count). The molecule has 2 aromatic rings. The molecule has 0 unspecified atom stereocenters. The molecule has 0 aliphatic rings. The fourth-order valence-corrected chi connectivity index (χ4v) is 2.77. The third kappa shape index (κ3) is 7.72. The number of hydrogen-bond donors (Lipinski definition) is 3. The highest BCUT2D eigenvalue weighted by molar-refractivity contribution is 7.80. The first-order valence-electron chi connectivity index (χ1n) is 9.36. The Morgan fingerprint density at radius 1 is 1.03 bits per heavy atom. The molecule has 8 nitrogen and oxygen atoms in total. The highest BCUT2D eigenvalue weighted by Gasteiger charge is 2.08. The minimum Gasteiger partial charge on any atom is -0.493 e. The lowest BCUT2D eigenvalue weighted by atomic mass is 10.2. The molecule has 0 spiro atoms. The summed E-state index contributed by atoms with van der Waals surface area (Å²) < 4.78 is 15.3. The summed E-state index contributed by atoms with van der Waals surface area (Å²) in [6, 6.07) is 12.1. The number of rotatable bonds is 9. The Hall–Kier alpha value is -3.43. The van der Waals surface area contributed by atoms with E-state index in [9.17, 15) is 9.59 Å². The monoisotopic (exact) mass is 443 g/mol. The van der Waals surface area contributed by atoms with Gasteiger partial charge in [0, 0.05) is 31.0 Å². The largest absolute Gasteiger partial charge is 0.493 e. The third-order valence-corrected chi connectivity index (χ3v) is 4.25. The zero-order valence-corrected chi connectivity index (χ0v) is 18.4. The predicted molar refractivity (Wildman–Crippen MR) is 124 cm³/mol. The summed E-state index contributed by atoms with van der Waals surface area (Å²) in [6.45, 7) is 0.838. The van der Waals surface area contributed by atoms with Gasteiger partial charge in [0.2, 0.25) is 5.91 Å². The first-order valence-corrected chi connectivity index (χ1v) is 9.77. The number of hydrogen-bond acceptors (Lipinski definition) is 6. The number of anilines is 1. The molecule has 0 radical (unpaired) electrons. The van der Waals surface area contributed by atoms with Crippen molar-refractivity contribution in [3.63, 3.8) is 0 Å². The topological polar surface area (TPSA) is 97.9 Å². The van der Waals surface area contributed by atoms with Crippen LogP contribution in [0.3, 0.4) is 0 Å². The van der Waals surface area contributed by atoms with Crippen molar-refractivity contribution in [2.75, 3.05) is 39.8 Å². The molecule has 0 aromatic heterocycles. The van der Waals surface area contributed by atoms with Gasteiger partial charge < -0.3 is 24.8 Å². The van der Waals surface area contributed by atoms with Crippen LogP contribution in [0.1, 0.15) is 15.9 Å². The maximum absolute atomic E-state index is 12.2. The van der Waals surface area contributed by atoms with Crippen LogP contribution in [0.4, 0.5) is 5.69 Å². The van der Waals surface area contributed by atoms with Gasteiger partial charge in [0.1, 0.15) is 0 Å². The second kappa shape index (κ2) is 12.3. The number of carbonyl (C=O) groups excluding carboxylic acids is 2. The fourth-order valence-electron chi connectivity index (χ4n) is 2.55. The van der Waals surface area contributed by atoms with Gasteiger partial charge in [-0.2, -0.15) is 0 Å². The molecule has 0 fully saturated rings. The Morgan fingerprint density at radius 2 is 1.81 bits per heavy atom. The van der Waals surface area contributed by atoms with E-state index in [0.29, 0.717) is 35.9 Å². The van der Waals surface area contributed by atoms with Crippen LogP contribution in [-0.4, -0.2) is 51.4 Å². The van der Waals surface area contributed by atoms with Gasteiger partial charge in [-0.15, -0.1) is 0 Å². The van der Waals surface area contributed by atoms with Crippen molar-refractivity contribution < 1.29 is 23.8 Å². The zero-order valence-electron chi connectivity index (χ0n) is 17.6. The lowest BCUT2D eigenvalue weighted by molar-refractivity contribution is -0.115. The molecule has 164 valence electrons. The van der Waals surface area contributed by atoms with Gasteiger partial charge in [-0.1, -0.05) is 12.1 Å². The van der Waals surface area contributed by atoms with E-state index in [2.05, 4.69) is 16.0 Å². The van der Waals surface area contributed by atoms with Crippen molar-refractivity contribution in [1.82, 2.24) is 10.6 Å². The highest BCUT2D eigenvalue weighted by Crippen LogP contribution is 2.27. The van der Waals surface area contributed by atoms with E-state index in [1.54, 1.807) is 69.9 Å². The van der Waals surface area contributed by atoms with Crippen LogP contribution in [0, 0.1) is 0 Å². The van der Waals surface area contributed by atoms with E-state index in [-0.39, 0.29) is 11.0 Å². The number of nitrogens with one attached hydrogen (secondary N) is 3. The Bertz CT molecular complexity index is 962. The molecule has 0 atom stereocenters. The average Bonchev–Trinajstić information content (AvgIpc) is 2.77. The van der Waals surface area contributed by atoms with Crippen molar-refractivity contribution in [1.29, 1.82) is 0 Å². The van der Waals surface area contributed by atoms with E-state index in [1.165, 1.54) is 6.08 Å². The van der Waals surface area contributed by atoms with Crippen molar-refractivity contribution in [2.45, 2.75) is 0 Å². The lowest BCUT2D eigenvalue weighted by Gasteiger charge is -2.10. The molecule has 0 heterocycles. The van der Waals surface area contributed by atoms with E-state index in [4.69, 9.17) is 26.4 Å². The van der Waals surface area contributed by atoms with Crippen molar-refractivity contribution in [3.05, 3.63) is 59.7 Å². The fraction of sp³-hybridized carbons (Fsp3) is 0.227. The Balaban J connectivity index is 1.92. The van der Waals surface area contributed by atoms with Gasteiger partial charge >= 0.3 is 0 Å². The molecular formula is C22H25N3O5S. The summed E-state index contributed by atoms with van der Waals surface area (Å²) in [7, 11) is 4.66. The number of amides is 2. The second-order valence-electron chi connectivity index (χ2n) is 6.22.